The number of aromatic nitrogens is 2. The van der Waals surface area contributed by atoms with Gasteiger partial charge in [-0.25, -0.2) is 4.98 Å². The molecule has 0 bridgehead atoms. The first-order valence-electron chi connectivity index (χ1n) is 3.88. The summed E-state index contributed by atoms with van der Waals surface area (Å²) in [6.45, 7) is 3.36. The molecule has 3 heteroatoms. The van der Waals surface area contributed by atoms with Crippen LogP contribution in [0.5, 0.6) is 0 Å². The van der Waals surface area contributed by atoms with Gasteiger partial charge < -0.3 is 9.88 Å². The van der Waals surface area contributed by atoms with Crippen molar-refractivity contribution in [2.24, 2.45) is 0 Å². The average molecular weight is 163 g/mol. The third kappa shape index (κ3) is 1.66. The van der Waals surface area contributed by atoms with Crippen LogP contribution in [0.1, 0.15) is 11.5 Å². The SMILES string of the molecule is C#CCn1c(CNC)cnc1C. The maximum absolute atomic E-state index is 5.23. The zero-order valence-corrected chi connectivity index (χ0v) is 7.46. The maximum Gasteiger partial charge on any atom is 0.106 e. The van der Waals surface area contributed by atoms with Crippen LogP contribution < -0.4 is 5.32 Å². The van der Waals surface area contributed by atoms with Crippen LogP contribution >= 0.6 is 0 Å². The van der Waals surface area contributed by atoms with Crippen LogP contribution in [0.2, 0.25) is 0 Å². The van der Waals surface area contributed by atoms with E-state index in [2.05, 4.69) is 16.2 Å². The van der Waals surface area contributed by atoms with E-state index in [1.807, 2.05) is 24.7 Å². The lowest BCUT2D eigenvalue weighted by molar-refractivity contribution is 0.694. The highest BCUT2D eigenvalue weighted by Crippen LogP contribution is 2.03. The van der Waals surface area contributed by atoms with E-state index in [4.69, 9.17) is 6.42 Å². The quantitative estimate of drug-likeness (QED) is 0.659. The first kappa shape index (κ1) is 8.82. The standard InChI is InChI=1S/C9H13N3/c1-4-5-12-8(2)11-7-9(12)6-10-3/h1,7,10H,5-6H2,2-3H3. The molecular formula is C9H13N3. The Bertz CT molecular complexity index is 293. The summed E-state index contributed by atoms with van der Waals surface area (Å²) in [4.78, 5) is 4.18. The van der Waals surface area contributed by atoms with Crippen molar-refractivity contribution < 1.29 is 0 Å². The van der Waals surface area contributed by atoms with Gasteiger partial charge >= 0.3 is 0 Å². The summed E-state index contributed by atoms with van der Waals surface area (Å²) in [5, 5.41) is 3.07. The Kier molecular flexibility index (Phi) is 2.89. The van der Waals surface area contributed by atoms with Gasteiger partial charge in [-0.2, -0.15) is 0 Å². The number of nitrogens with zero attached hydrogens (tertiary/aromatic N) is 2. The number of terminal acetylenes is 1. The second-order valence-corrected chi connectivity index (χ2v) is 2.62. The van der Waals surface area contributed by atoms with Crippen molar-refractivity contribution >= 4 is 0 Å². The molecule has 0 aromatic carbocycles. The van der Waals surface area contributed by atoms with Gasteiger partial charge in [-0.1, -0.05) is 5.92 Å². The predicted octanol–water partition coefficient (Wildman–Crippen LogP) is 0.544. The Balaban J connectivity index is 2.89. The van der Waals surface area contributed by atoms with Crippen molar-refractivity contribution in [3.05, 3.63) is 17.7 Å². The molecule has 1 aromatic heterocycles. The molecule has 0 atom stereocenters. The predicted molar refractivity (Wildman–Crippen MR) is 48.6 cm³/mol. The molecule has 1 heterocycles. The third-order valence-corrected chi connectivity index (χ3v) is 1.75. The van der Waals surface area contributed by atoms with E-state index in [0.717, 1.165) is 18.1 Å². The smallest absolute Gasteiger partial charge is 0.106 e. The molecule has 0 amide bonds. The fourth-order valence-corrected chi connectivity index (χ4v) is 1.14. The molecule has 0 aliphatic carbocycles. The van der Waals surface area contributed by atoms with Crippen molar-refractivity contribution in [2.75, 3.05) is 7.05 Å². The van der Waals surface area contributed by atoms with Crippen LogP contribution in [-0.4, -0.2) is 16.6 Å². The largest absolute Gasteiger partial charge is 0.319 e. The Morgan fingerprint density at radius 2 is 2.50 bits per heavy atom. The van der Waals surface area contributed by atoms with Gasteiger partial charge in [0.1, 0.15) is 5.82 Å². The molecule has 0 fully saturated rings. The van der Waals surface area contributed by atoms with Gasteiger partial charge in [-0.05, 0) is 14.0 Å². The summed E-state index contributed by atoms with van der Waals surface area (Å²) < 4.78 is 2.02. The molecule has 0 aliphatic rings. The van der Waals surface area contributed by atoms with E-state index in [-0.39, 0.29) is 0 Å². The fourth-order valence-electron chi connectivity index (χ4n) is 1.14. The number of nitrogens with one attached hydrogen (secondary N) is 1. The summed E-state index contributed by atoms with van der Waals surface area (Å²) in [6, 6.07) is 0. The molecule has 1 rings (SSSR count). The zero-order chi connectivity index (χ0) is 8.97. The van der Waals surface area contributed by atoms with Gasteiger partial charge in [-0.3, -0.25) is 0 Å². The highest BCUT2D eigenvalue weighted by atomic mass is 15.1. The molecular weight excluding hydrogens is 150 g/mol. The zero-order valence-electron chi connectivity index (χ0n) is 7.46. The molecule has 1 N–H and O–H groups in total. The van der Waals surface area contributed by atoms with Crippen molar-refractivity contribution in [1.29, 1.82) is 0 Å². The normalized spacial score (nSPS) is 9.75. The van der Waals surface area contributed by atoms with Crippen molar-refractivity contribution in [3.63, 3.8) is 0 Å². The summed E-state index contributed by atoms with van der Waals surface area (Å²) in [5.74, 6) is 3.58. The minimum atomic E-state index is 0.600. The first-order chi connectivity index (χ1) is 5.79. The number of hydrogen-bond acceptors (Lipinski definition) is 2. The lowest BCUT2D eigenvalue weighted by Gasteiger charge is -2.04. The molecule has 0 aliphatic heterocycles. The summed E-state index contributed by atoms with van der Waals surface area (Å²) >= 11 is 0. The topological polar surface area (TPSA) is 29.9 Å². The van der Waals surface area contributed by atoms with Crippen LogP contribution in [0.25, 0.3) is 0 Å². The average Bonchev–Trinajstić information content (AvgIpc) is 2.37. The molecule has 12 heavy (non-hydrogen) atoms. The van der Waals surface area contributed by atoms with Gasteiger partial charge in [0.2, 0.25) is 0 Å². The van der Waals surface area contributed by atoms with Gasteiger partial charge in [0.05, 0.1) is 12.2 Å². The van der Waals surface area contributed by atoms with Crippen LogP contribution in [0.15, 0.2) is 6.20 Å². The highest BCUT2D eigenvalue weighted by Gasteiger charge is 2.02. The Hall–Kier alpha value is -1.27. The highest BCUT2D eigenvalue weighted by molar-refractivity contribution is 5.06. The fraction of sp³-hybridized carbons (Fsp3) is 0.444. The van der Waals surface area contributed by atoms with Gasteiger partial charge in [0, 0.05) is 12.7 Å². The van der Waals surface area contributed by atoms with Crippen molar-refractivity contribution in [1.82, 2.24) is 14.9 Å². The Morgan fingerprint density at radius 1 is 1.75 bits per heavy atom. The van der Waals surface area contributed by atoms with E-state index >= 15 is 0 Å². The number of imidazole rings is 1. The van der Waals surface area contributed by atoms with Crippen LogP contribution in [0, 0.1) is 19.3 Å². The second-order valence-electron chi connectivity index (χ2n) is 2.62. The van der Waals surface area contributed by atoms with Gasteiger partial charge in [0.15, 0.2) is 0 Å². The summed E-state index contributed by atoms with van der Waals surface area (Å²) in [5.41, 5.74) is 1.13. The molecule has 0 spiro atoms. The van der Waals surface area contributed by atoms with E-state index < -0.39 is 0 Å². The lowest BCUT2D eigenvalue weighted by Crippen LogP contribution is -2.11. The molecule has 0 radical (unpaired) electrons. The molecule has 0 saturated heterocycles. The van der Waals surface area contributed by atoms with Crippen LogP contribution in [0.3, 0.4) is 0 Å². The van der Waals surface area contributed by atoms with E-state index in [9.17, 15) is 0 Å². The number of hydrogen-bond donors (Lipinski definition) is 1. The number of rotatable bonds is 3. The minimum absolute atomic E-state index is 0.600. The Labute approximate surface area is 72.8 Å². The van der Waals surface area contributed by atoms with Gasteiger partial charge in [-0.15, -0.1) is 6.42 Å². The van der Waals surface area contributed by atoms with Crippen molar-refractivity contribution in [2.45, 2.75) is 20.0 Å². The molecule has 1 aromatic rings. The molecule has 3 nitrogen and oxygen atoms in total. The Morgan fingerprint density at radius 3 is 3.08 bits per heavy atom. The maximum atomic E-state index is 5.23. The molecule has 0 unspecified atom stereocenters. The third-order valence-electron chi connectivity index (χ3n) is 1.75. The van der Waals surface area contributed by atoms with E-state index in [0.29, 0.717) is 6.54 Å². The van der Waals surface area contributed by atoms with Crippen LogP contribution in [-0.2, 0) is 13.1 Å². The summed E-state index contributed by atoms with van der Waals surface area (Å²) in [6.07, 6.45) is 7.09. The summed E-state index contributed by atoms with van der Waals surface area (Å²) in [7, 11) is 1.91. The molecule has 64 valence electrons. The first-order valence-corrected chi connectivity index (χ1v) is 3.88. The van der Waals surface area contributed by atoms with E-state index in [1.54, 1.807) is 0 Å². The monoisotopic (exact) mass is 163 g/mol. The lowest BCUT2D eigenvalue weighted by atomic mass is 10.4. The number of aryl methyl sites for hydroxylation is 1. The van der Waals surface area contributed by atoms with Crippen LogP contribution in [0.4, 0.5) is 0 Å². The molecule has 0 saturated carbocycles. The van der Waals surface area contributed by atoms with Gasteiger partial charge in [0.25, 0.3) is 0 Å². The second kappa shape index (κ2) is 3.93. The minimum Gasteiger partial charge on any atom is -0.319 e. The van der Waals surface area contributed by atoms with E-state index in [1.165, 1.54) is 0 Å². The van der Waals surface area contributed by atoms with Crippen molar-refractivity contribution in [3.8, 4) is 12.3 Å².